The maximum absolute atomic E-state index is 12.3. The number of amides is 1. The van der Waals surface area contributed by atoms with E-state index in [1.165, 1.54) is 6.92 Å². The van der Waals surface area contributed by atoms with Crippen molar-refractivity contribution in [2.75, 3.05) is 0 Å². The van der Waals surface area contributed by atoms with Gasteiger partial charge in [0, 0.05) is 4.47 Å². The SMILES string of the molecule is CC(C(=O)NC(CC(F)(F)F)C(=O)O)c1ccc(Br)cc1. The molecule has 1 amide bonds. The van der Waals surface area contributed by atoms with Crippen LogP contribution in [0, 0.1) is 0 Å². The molecule has 1 aromatic rings. The number of carboxylic acids is 1. The zero-order valence-corrected chi connectivity index (χ0v) is 12.5. The topological polar surface area (TPSA) is 66.4 Å². The van der Waals surface area contributed by atoms with Crippen molar-refractivity contribution in [3.8, 4) is 0 Å². The Hall–Kier alpha value is -1.57. The Morgan fingerprint density at radius 3 is 2.24 bits per heavy atom. The number of hydrogen-bond acceptors (Lipinski definition) is 2. The lowest BCUT2D eigenvalue weighted by atomic mass is 10.00. The third-order valence-electron chi connectivity index (χ3n) is 2.81. The molecule has 0 aliphatic heterocycles. The lowest BCUT2D eigenvalue weighted by molar-refractivity contribution is -0.160. The molecule has 2 atom stereocenters. The van der Waals surface area contributed by atoms with Crippen LogP contribution in [0.15, 0.2) is 28.7 Å². The summed E-state index contributed by atoms with van der Waals surface area (Å²) in [6.07, 6.45) is -6.28. The molecule has 0 fully saturated rings. The summed E-state index contributed by atoms with van der Waals surface area (Å²) in [5.41, 5.74) is 0.576. The van der Waals surface area contributed by atoms with Gasteiger partial charge in [0.05, 0.1) is 12.3 Å². The molecular weight excluding hydrogens is 355 g/mol. The molecule has 1 rings (SSSR count). The number of nitrogens with one attached hydrogen (secondary N) is 1. The van der Waals surface area contributed by atoms with Crippen LogP contribution in [0.3, 0.4) is 0 Å². The first-order valence-corrected chi connectivity index (χ1v) is 6.75. The third kappa shape index (κ3) is 5.74. The number of carbonyl (C=O) groups excluding carboxylic acids is 1. The highest BCUT2D eigenvalue weighted by Crippen LogP contribution is 2.23. The first kappa shape index (κ1) is 17.5. The van der Waals surface area contributed by atoms with Crippen molar-refractivity contribution >= 4 is 27.8 Å². The predicted molar refractivity (Wildman–Crippen MR) is 72.8 cm³/mol. The molecule has 116 valence electrons. The van der Waals surface area contributed by atoms with E-state index in [1.54, 1.807) is 24.3 Å². The normalized spacial score (nSPS) is 14.3. The minimum absolute atomic E-state index is 0.576. The largest absolute Gasteiger partial charge is 0.480 e. The number of alkyl halides is 3. The quantitative estimate of drug-likeness (QED) is 0.840. The first-order chi connectivity index (χ1) is 9.60. The van der Waals surface area contributed by atoms with Crippen LogP contribution < -0.4 is 5.32 Å². The van der Waals surface area contributed by atoms with Crippen molar-refractivity contribution in [1.82, 2.24) is 5.32 Å². The number of halogens is 4. The molecule has 0 saturated heterocycles. The van der Waals surface area contributed by atoms with Gasteiger partial charge in [0.2, 0.25) is 5.91 Å². The standard InChI is InChI=1S/C13H13BrF3NO3/c1-7(8-2-4-9(14)5-3-8)11(19)18-10(12(20)21)6-13(15,16)17/h2-5,7,10H,6H2,1H3,(H,18,19)(H,20,21). The average molecular weight is 368 g/mol. The summed E-state index contributed by atoms with van der Waals surface area (Å²) in [4.78, 5) is 22.7. The Morgan fingerprint density at radius 1 is 1.29 bits per heavy atom. The van der Waals surface area contributed by atoms with Gasteiger partial charge in [-0.2, -0.15) is 13.2 Å². The lowest BCUT2D eigenvalue weighted by Gasteiger charge is -2.19. The fraction of sp³-hybridized carbons (Fsp3) is 0.385. The van der Waals surface area contributed by atoms with Crippen LogP contribution in [0.4, 0.5) is 13.2 Å². The second kappa shape index (κ2) is 6.93. The Balaban J connectivity index is 2.77. The summed E-state index contributed by atoms with van der Waals surface area (Å²) in [5.74, 6) is -3.24. The fourth-order valence-corrected chi connectivity index (χ4v) is 1.90. The maximum atomic E-state index is 12.3. The molecule has 21 heavy (non-hydrogen) atoms. The maximum Gasteiger partial charge on any atom is 0.391 e. The molecule has 0 bridgehead atoms. The smallest absolute Gasteiger partial charge is 0.391 e. The van der Waals surface area contributed by atoms with E-state index >= 15 is 0 Å². The van der Waals surface area contributed by atoms with Crippen LogP contribution in [-0.2, 0) is 9.59 Å². The molecule has 0 aliphatic rings. The Labute approximate surface area is 127 Å². The van der Waals surface area contributed by atoms with Crippen LogP contribution >= 0.6 is 15.9 Å². The van der Waals surface area contributed by atoms with Gasteiger partial charge in [-0.1, -0.05) is 28.1 Å². The highest BCUT2D eigenvalue weighted by molar-refractivity contribution is 9.10. The number of hydrogen-bond donors (Lipinski definition) is 2. The molecule has 0 saturated carbocycles. The van der Waals surface area contributed by atoms with Crippen molar-refractivity contribution in [1.29, 1.82) is 0 Å². The van der Waals surface area contributed by atoms with E-state index in [-0.39, 0.29) is 0 Å². The van der Waals surface area contributed by atoms with Gasteiger partial charge < -0.3 is 10.4 Å². The Bertz CT molecular complexity index is 516. The van der Waals surface area contributed by atoms with Crippen molar-refractivity contribution in [3.63, 3.8) is 0 Å². The third-order valence-corrected chi connectivity index (χ3v) is 3.34. The summed E-state index contributed by atoms with van der Waals surface area (Å²) in [5, 5.41) is 10.7. The molecule has 0 radical (unpaired) electrons. The minimum Gasteiger partial charge on any atom is -0.480 e. The molecule has 2 unspecified atom stereocenters. The monoisotopic (exact) mass is 367 g/mol. The molecule has 4 nitrogen and oxygen atoms in total. The fourth-order valence-electron chi connectivity index (χ4n) is 1.63. The van der Waals surface area contributed by atoms with Gasteiger partial charge in [-0.25, -0.2) is 4.79 Å². The molecule has 0 aromatic heterocycles. The predicted octanol–water partition coefficient (Wildman–Crippen LogP) is 3.07. The summed E-state index contributed by atoms with van der Waals surface area (Å²) in [7, 11) is 0. The van der Waals surface area contributed by atoms with E-state index < -0.39 is 36.4 Å². The lowest BCUT2D eigenvalue weighted by Crippen LogP contribution is -2.45. The van der Waals surface area contributed by atoms with E-state index in [1.807, 2.05) is 5.32 Å². The van der Waals surface area contributed by atoms with Gasteiger partial charge in [-0.3, -0.25) is 4.79 Å². The van der Waals surface area contributed by atoms with Gasteiger partial charge in [-0.15, -0.1) is 0 Å². The van der Waals surface area contributed by atoms with Crippen LogP contribution in [0.5, 0.6) is 0 Å². The Morgan fingerprint density at radius 2 is 1.81 bits per heavy atom. The van der Waals surface area contributed by atoms with Gasteiger partial charge in [0.25, 0.3) is 0 Å². The first-order valence-electron chi connectivity index (χ1n) is 5.95. The van der Waals surface area contributed by atoms with Gasteiger partial charge >= 0.3 is 12.1 Å². The molecule has 2 N–H and O–H groups in total. The number of carbonyl (C=O) groups is 2. The number of carboxylic acid groups (broad SMARTS) is 1. The van der Waals surface area contributed by atoms with E-state index in [0.717, 1.165) is 4.47 Å². The van der Waals surface area contributed by atoms with Gasteiger partial charge in [0.1, 0.15) is 6.04 Å². The molecular formula is C13H13BrF3NO3. The second-order valence-corrected chi connectivity index (χ2v) is 5.41. The molecule has 0 heterocycles. The van der Waals surface area contributed by atoms with Crippen molar-refractivity contribution < 1.29 is 27.9 Å². The van der Waals surface area contributed by atoms with Gasteiger partial charge in [0.15, 0.2) is 0 Å². The number of benzene rings is 1. The zero-order valence-electron chi connectivity index (χ0n) is 10.9. The van der Waals surface area contributed by atoms with Crippen LogP contribution in [0.1, 0.15) is 24.8 Å². The van der Waals surface area contributed by atoms with Crippen molar-refractivity contribution in [2.24, 2.45) is 0 Å². The van der Waals surface area contributed by atoms with Crippen LogP contribution in [0.2, 0.25) is 0 Å². The molecule has 0 spiro atoms. The highest BCUT2D eigenvalue weighted by Gasteiger charge is 2.36. The van der Waals surface area contributed by atoms with Crippen molar-refractivity contribution in [2.45, 2.75) is 31.5 Å². The summed E-state index contributed by atoms with van der Waals surface area (Å²) in [6.45, 7) is 1.49. The summed E-state index contributed by atoms with van der Waals surface area (Å²) in [6, 6.07) is 4.64. The Kier molecular flexibility index (Phi) is 5.77. The summed E-state index contributed by atoms with van der Waals surface area (Å²) < 4.78 is 37.6. The van der Waals surface area contributed by atoms with E-state index in [2.05, 4.69) is 15.9 Å². The van der Waals surface area contributed by atoms with Crippen LogP contribution in [0.25, 0.3) is 0 Å². The van der Waals surface area contributed by atoms with Gasteiger partial charge in [-0.05, 0) is 24.6 Å². The van der Waals surface area contributed by atoms with E-state index in [9.17, 15) is 22.8 Å². The van der Waals surface area contributed by atoms with E-state index in [4.69, 9.17) is 5.11 Å². The average Bonchev–Trinajstić information content (AvgIpc) is 2.36. The number of rotatable bonds is 5. The molecule has 8 heteroatoms. The van der Waals surface area contributed by atoms with Crippen molar-refractivity contribution in [3.05, 3.63) is 34.3 Å². The second-order valence-electron chi connectivity index (χ2n) is 4.49. The molecule has 1 aromatic carbocycles. The number of aliphatic carboxylic acids is 1. The van der Waals surface area contributed by atoms with E-state index in [0.29, 0.717) is 5.56 Å². The molecule has 0 aliphatic carbocycles. The minimum atomic E-state index is -4.67. The summed E-state index contributed by atoms with van der Waals surface area (Å²) >= 11 is 3.22. The van der Waals surface area contributed by atoms with Crippen LogP contribution in [-0.4, -0.2) is 29.2 Å². The zero-order chi connectivity index (χ0) is 16.2. The highest BCUT2D eigenvalue weighted by atomic mass is 79.9.